The minimum Gasteiger partial charge on any atom is -0.379 e. The van der Waals surface area contributed by atoms with E-state index in [2.05, 4.69) is 26.8 Å². The van der Waals surface area contributed by atoms with Crippen LogP contribution < -0.4 is 0 Å². The standard InChI is InChI=1S/C13H25O2/c1-5-6-9-13(14-4)11-15-10-7-8-12(2)3/h7-8,13H,5-6,9-11H2,1-4H3. The van der Waals surface area contributed by atoms with Gasteiger partial charge in [-0.25, -0.2) is 0 Å². The molecule has 1 radical (unpaired) electrons. The summed E-state index contributed by atoms with van der Waals surface area (Å²) in [6.45, 7) is 7.72. The molecule has 15 heavy (non-hydrogen) atoms. The van der Waals surface area contributed by atoms with E-state index in [1.165, 1.54) is 18.4 Å². The van der Waals surface area contributed by atoms with Crippen molar-refractivity contribution >= 4 is 0 Å². The second-order valence-electron chi connectivity index (χ2n) is 4.02. The molecule has 0 aromatic rings. The second kappa shape index (κ2) is 10.2. The fourth-order valence-corrected chi connectivity index (χ4v) is 1.25. The van der Waals surface area contributed by atoms with Crippen LogP contribution in [0.25, 0.3) is 0 Å². The minimum absolute atomic E-state index is 0.255. The van der Waals surface area contributed by atoms with Gasteiger partial charge in [0.25, 0.3) is 0 Å². The van der Waals surface area contributed by atoms with Gasteiger partial charge in [-0.2, -0.15) is 0 Å². The van der Waals surface area contributed by atoms with E-state index in [9.17, 15) is 0 Å². The molecule has 2 heteroatoms. The zero-order valence-electron chi connectivity index (χ0n) is 10.6. The predicted octanol–water partition coefficient (Wildman–Crippen LogP) is 3.38. The molecule has 0 aliphatic carbocycles. The third-order valence-electron chi connectivity index (χ3n) is 2.18. The maximum Gasteiger partial charge on any atom is 0.0804 e. The molecule has 0 aliphatic heterocycles. The number of unbranched alkanes of at least 4 members (excludes halogenated alkanes) is 1. The summed E-state index contributed by atoms with van der Waals surface area (Å²) in [6.07, 6.45) is 7.89. The fraction of sp³-hybridized carbons (Fsp3) is 0.769. The zero-order valence-corrected chi connectivity index (χ0v) is 10.6. The lowest BCUT2D eigenvalue weighted by Crippen LogP contribution is -2.18. The summed E-state index contributed by atoms with van der Waals surface area (Å²) in [6, 6.07) is 0. The van der Waals surface area contributed by atoms with Crippen LogP contribution in [-0.2, 0) is 9.47 Å². The Balaban J connectivity index is 3.41. The van der Waals surface area contributed by atoms with Crippen LogP contribution in [0.3, 0.4) is 0 Å². The maximum atomic E-state index is 5.51. The quantitative estimate of drug-likeness (QED) is 0.547. The average molecular weight is 213 g/mol. The predicted molar refractivity (Wildman–Crippen MR) is 64.9 cm³/mol. The Morgan fingerprint density at radius 3 is 2.60 bits per heavy atom. The van der Waals surface area contributed by atoms with E-state index in [4.69, 9.17) is 9.47 Å². The molecule has 0 bridgehead atoms. The van der Waals surface area contributed by atoms with E-state index >= 15 is 0 Å². The lowest BCUT2D eigenvalue weighted by atomic mass is 10.2. The summed E-state index contributed by atoms with van der Waals surface area (Å²) < 4.78 is 10.8. The number of allylic oxidation sites excluding steroid dienone is 1. The van der Waals surface area contributed by atoms with Crippen LogP contribution in [0.1, 0.15) is 40.0 Å². The molecule has 0 rings (SSSR count). The van der Waals surface area contributed by atoms with Crippen LogP contribution in [0.2, 0.25) is 0 Å². The van der Waals surface area contributed by atoms with Gasteiger partial charge >= 0.3 is 0 Å². The molecule has 89 valence electrons. The van der Waals surface area contributed by atoms with Crippen molar-refractivity contribution in [3.63, 3.8) is 0 Å². The number of ether oxygens (including phenoxy) is 2. The molecular formula is C13H25O2. The number of methoxy groups -OCH3 is 1. The summed E-state index contributed by atoms with van der Waals surface area (Å²) >= 11 is 0. The van der Waals surface area contributed by atoms with E-state index in [1.54, 1.807) is 7.11 Å². The van der Waals surface area contributed by atoms with Gasteiger partial charge in [-0.3, -0.25) is 0 Å². The Labute approximate surface area is 94.7 Å². The molecule has 0 heterocycles. The Kier molecular flexibility index (Phi) is 9.96. The highest BCUT2D eigenvalue weighted by atomic mass is 16.5. The van der Waals surface area contributed by atoms with Crippen LogP contribution in [0.4, 0.5) is 0 Å². The van der Waals surface area contributed by atoms with Gasteiger partial charge in [0.2, 0.25) is 0 Å². The molecule has 0 saturated carbocycles. The lowest BCUT2D eigenvalue weighted by molar-refractivity contribution is 0.0101. The van der Waals surface area contributed by atoms with Crippen LogP contribution in [-0.4, -0.2) is 26.4 Å². The number of hydrogen-bond acceptors (Lipinski definition) is 2. The normalized spacial score (nSPS) is 12.5. The number of hydrogen-bond donors (Lipinski definition) is 0. The van der Waals surface area contributed by atoms with Crippen molar-refractivity contribution in [2.75, 3.05) is 20.3 Å². The van der Waals surface area contributed by atoms with Crippen molar-refractivity contribution < 1.29 is 9.47 Å². The van der Waals surface area contributed by atoms with E-state index < -0.39 is 0 Å². The highest BCUT2D eigenvalue weighted by molar-refractivity contribution is 5.02. The molecule has 0 saturated heterocycles. The van der Waals surface area contributed by atoms with Crippen molar-refractivity contribution in [3.8, 4) is 0 Å². The lowest BCUT2D eigenvalue weighted by Gasteiger charge is -2.14. The Hall–Kier alpha value is -0.340. The SMILES string of the molecule is CCCCC(COC[CH]C=C(C)C)OC. The maximum absolute atomic E-state index is 5.51. The first-order valence-electron chi connectivity index (χ1n) is 5.78. The van der Waals surface area contributed by atoms with Crippen molar-refractivity contribution in [2.45, 2.75) is 46.1 Å². The minimum atomic E-state index is 0.255. The summed E-state index contributed by atoms with van der Waals surface area (Å²) in [7, 11) is 1.75. The first kappa shape index (κ1) is 14.7. The fourth-order valence-electron chi connectivity index (χ4n) is 1.25. The molecule has 0 aliphatic rings. The molecule has 0 spiro atoms. The summed E-state index contributed by atoms with van der Waals surface area (Å²) in [5.74, 6) is 0. The molecule has 0 aromatic heterocycles. The summed E-state index contributed by atoms with van der Waals surface area (Å²) in [5.41, 5.74) is 1.30. The van der Waals surface area contributed by atoms with Gasteiger partial charge in [0.1, 0.15) is 0 Å². The van der Waals surface area contributed by atoms with Gasteiger partial charge in [0.05, 0.1) is 19.3 Å². The molecule has 0 N–H and O–H groups in total. The highest BCUT2D eigenvalue weighted by Gasteiger charge is 2.05. The monoisotopic (exact) mass is 213 g/mol. The van der Waals surface area contributed by atoms with Crippen LogP contribution in [0.5, 0.6) is 0 Å². The number of rotatable bonds is 9. The van der Waals surface area contributed by atoms with E-state index in [0.717, 1.165) is 6.42 Å². The Bertz CT molecular complexity index is 160. The topological polar surface area (TPSA) is 18.5 Å². The van der Waals surface area contributed by atoms with Gasteiger partial charge in [0.15, 0.2) is 0 Å². The van der Waals surface area contributed by atoms with Crippen LogP contribution in [0.15, 0.2) is 11.6 Å². The van der Waals surface area contributed by atoms with E-state index in [-0.39, 0.29) is 6.10 Å². The molecular weight excluding hydrogens is 188 g/mol. The molecule has 0 amide bonds. The van der Waals surface area contributed by atoms with Gasteiger partial charge in [-0.15, -0.1) is 0 Å². The molecule has 1 unspecified atom stereocenters. The van der Waals surface area contributed by atoms with E-state index in [1.807, 2.05) is 6.42 Å². The van der Waals surface area contributed by atoms with Gasteiger partial charge in [0, 0.05) is 13.5 Å². The Morgan fingerprint density at radius 2 is 2.07 bits per heavy atom. The van der Waals surface area contributed by atoms with Gasteiger partial charge in [-0.1, -0.05) is 31.4 Å². The van der Waals surface area contributed by atoms with Crippen molar-refractivity contribution in [2.24, 2.45) is 0 Å². The second-order valence-corrected chi connectivity index (χ2v) is 4.02. The first-order valence-corrected chi connectivity index (χ1v) is 5.78. The van der Waals surface area contributed by atoms with Crippen molar-refractivity contribution in [1.82, 2.24) is 0 Å². The van der Waals surface area contributed by atoms with Gasteiger partial charge < -0.3 is 9.47 Å². The van der Waals surface area contributed by atoms with Crippen molar-refractivity contribution in [3.05, 3.63) is 18.1 Å². The molecule has 1 atom stereocenters. The third kappa shape index (κ3) is 9.95. The van der Waals surface area contributed by atoms with E-state index in [0.29, 0.717) is 13.2 Å². The molecule has 0 aromatic carbocycles. The van der Waals surface area contributed by atoms with Gasteiger partial charge in [-0.05, 0) is 20.3 Å². The summed E-state index contributed by atoms with van der Waals surface area (Å²) in [5, 5.41) is 0. The molecule has 0 fully saturated rings. The largest absolute Gasteiger partial charge is 0.379 e. The smallest absolute Gasteiger partial charge is 0.0804 e. The molecule has 2 nitrogen and oxygen atoms in total. The zero-order chi connectivity index (χ0) is 11.5. The van der Waals surface area contributed by atoms with Crippen LogP contribution >= 0.6 is 0 Å². The Morgan fingerprint density at radius 1 is 1.33 bits per heavy atom. The van der Waals surface area contributed by atoms with Crippen LogP contribution in [0, 0.1) is 6.42 Å². The first-order chi connectivity index (χ1) is 7.20. The third-order valence-corrected chi connectivity index (χ3v) is 2.18. The highest BCUT2D eigenvalue weighted by Crippen LogP contribution is 2.04. The average Bonchev–Trinajstić information content (AvgIpc) is 2.21. The van der Waals surface area contributed by atoms with Crippen molar-refractivity contribution in [1.29, 1.82) is 0 Å². The summed E-state index contributed by atoms with van der Waals surface area (Å²) in [4.78, 5) is 0.